The molecule has 1 rings (SSSR count). The number of hydrogen-bond acceptors (Lipinski definition) is 2. The van der Waals surface area contributed by atoms with Gasteiger partial charge < -0.3 is 15.7 Å². The highest BCUT2D eigenvalue weighted by molar-refractivity contribution is 6.30. The van der Waals surface area contributed by atoms with E-state index in [1.807, 2.05) is 0 Å². The lowest BCUT2D eigenvalue weighted by atomic mass is 10.1. The van der Waals surface area contributed by atoms with Gasteiger partial charge in [0.25, 0.3) is 0 Å². The monoisotopic (exact) mass is 292 g/mol. The number of rotatable bonds is 6. The van der Waals surface area contributed by atoms with Gasteiger partial charge in [-0.3, -0.25) is 4.39 Å². The maximum atomic E-state index is 13.2. The standard InChI is InChI=1S/C12H15ClF2N2O2/c13-9-3-2-8(6-10(9)15)11(18)7-17-12(19)16-5-1-4-14/h2-3,6,11,18H,1,4-5,7H2,(H2,16,17,19)/t11-/m1/s1. The van der Waals surface area contributed by atoms with Crippen LogP contribution in [-0.4, -0.2) is 30.9 Å². The molecule has 3 N–H and O–H groups in total. The molecule has 0 aliphatic carbocycles. The summed E-state index contributed by atoms with van der Waals surface area (Å²) in [5, 5.41) is 14.5. The highest BCUT2D eigenvalue weighted by Gasteiger charge is 2.11. The fraction of sp³-hybridized carbons (Fsp3) is 0.417. The van der Waals surface area contributed by atoms with Crippen molar-refractivity contribution < 1.29 is 18.7 Å². The zero-order valence-corrected chi connectivity index (χ0v) is 10.9. The first kappa shape index (κ1) is 15.7. The Labute approximate surface area is 114 Å². The van der Waals surface area contributed by atoms with E-state index in [1.165, 1.54) is 12.1 Å². The second kappa shape index (κ2) is 7.91. The van der Waals surface area contributed by atoms with Gasteiger partial charge in [0.2, 0.25) is 0 Å². The molecule has 2 amide bonds. The lowest BCUT2D eigenvalue weighted by Gasteiger charge is -2.13. The van der Waals surface area contributed by atoms with E-state index in [0.717, 1.165) is 6.07 Å². The average molecular weight is 293 g/mol. The predicted octanol–water partition coefficient (Wildman–Crippen LogP) is 2.17. The van der Waals surface area contributed by atoms with E-state index in [0.29, 0.717) is 5.56 Å². The molecule has 1 aromatic carbocycles. The summed E-state index contributed by atoms with van der Waals surface area (Å²) in [7, 11) is 0. The number of benzene rings is 1. The Bertz CT molecular complexity index is 432. The van der Waals surface area contributed by atoms with Gasteiger partial charge in [0.05, 0.1) is 17.8 Å². The normalized spacial score (nSPS) is 12.0. The maximum Gasteiger partial charge on any atom is 0.314 e. The summed E-state index contributed by atoms with van der Waals surface area (Å²) in [5.74, 6) is -0.634. The number of halogens is 3. The van der Waals surface area contributed by atoms with Crippen molar-refractivity contribution in [3.05, 3.63) is 34.6 Å². The molecule has 0 saturated heterocycles. The van der Waals surface area contributed by atoms with Gasteiger partial charge in [0, 0.05) is 13.1 Å². The van der Waals surface area contributed by atoms with Gasteiger partial charge >= 0.3 is 6.03 Å². The molecule has 0 heterocycles. The molecule has 4 nitrogen and oxygen atoms in total. The first-order valence-electron chi connectivity index (χ1n) is 5.75. The van der Waals surface area contributed by atoms with Crippen molar-refractivity contribution >= 4 is 17.6 Å². The smallest absolute Gasteiger partial charge is 0.314 e. The van der Waals surface area contributed by atoms with Gasteiger partial charge in [0.1, 0.15) is 5.82 Å². The molecule has 0 aliphatic heterocycles. The van der Waals surface area contributed by atoms with Crippen LogP contribution in [0.1, 0.15) is 18.1 Å². The number of carbonyl (C=O) groups excluding carboxylic acids is 1. The van der Waals surface area contributed by atoms with Crippen molar-refractivity contribution in [2.45, 2.75) is 12.5 Å². The van der Waals surface area contributed by atoms with Gasteiger partial charge in [-0.25, -0.2) is 9.18 Å². The molecular formula is C12H15ClF2N2O2. The number of nitrogens with one attached hydrogen (secondary N) is 2. The first-order chi connectivity index (χ1) is 9.04. The third-order valence-electron chi connectivity index (χ3n) is 2.38. The molecule has 0 bridgehead atoms. The van der Waals surface area contributed by atoms with Crippen molar-refractivity contribution in [2.75, 3.05) is 19.8 Å². The zero-order chi connectivity index (χ0) is 14.3. The molecule has 19 heavy (non-hydrogen) atoms. The quantitative estimate of drug-likeness (QED) is 0.704. The Hall–Kier alpha value is -1.40. The van der Waals surface area contributed by atoms with Crippen molar-refractivity contribution in [1.82, 2.24) is 10.6 Å². The first-order valence-corrected chi connectivity index (χ1v) is 6.13. The van der Waals surface area contributed by atoms with E-state index < -0.39 is 24.6 Å². The molecule has 0 radical (unpaired) electrons. The van der Waals surface area contributed by atoms with Crippen LogP contribution in [0.3, 0.4) is 0 Å². The molecule has 0 aromatic heterocycles. The van der Waals surface area contributed by atoms with Crippen LogP contribution in [-0.2, 0) is 0 Å². The molecule has 0 aliphatic rings. The number of hydrogen-bond donors (Lipinski definition) is 3. The lowest BCUT2D eigenvalue weighted by molar-refractivity contribution is 0.172. The topological polar surface area (TPSA) is 61.4 Å². The summed E-state index contributed by atoms with van der Waals surface area (Å²) < 4.78 is 25.0. The van der Waals surface area contributed by atoms with Gasteiger partial charge in [-0.15, -0.1) is 0 Å². The summed E-state index contributed by atoms with van der Waals surface area (Å²) in [6.45, 7) is -0.372. The Kier molecular flexibility index (Phi) is 6.52. The Morgan fingerprint density at radius 2 is 2.16 bits per heavy atom. The molecular weight excluding hydrogens is 278 g/mol. The van der Waals surface area contributed by atoms with Crippen LogP contribution in [0.2, 0.25) is 5.02 Å². The number of carbonyl (C=O) groups is 1. The highest BCUT2D eigenvalue weighted by atomic mass is 35.5. The van der Waals surface area contributed by atoms with Crippen LogP contribution < -0.4 is 10.6 Å². The molecule has 106 valence electrons. The van der Waals surface area contributed by atoms with Crippen molar-refractivity contribution in [1.29, 1.82) is 0 Å². The Morgan fingerprint density at radius 1 is 1.42 bits per heavy atom. The van der Waals surface area contributed by atoms with E-state index in [4.69, 9.17) is 11.6 Å². The van der Waals surface area contributed by atoms with Gasteiger partial charge in [-0.05, 0) is 24.1 Å². The SMILES string of the molecule is O=C(NCCCF)NC[C@@H](O)c1ccc(Cl)c(F)c1. The summed E-state index contributed by atoms with van der Waals surface area (Å²) in [6.07, 6.45) is -0.808. The number of urea groups is 1. The van der Waals surface area contributed by atoms with E-state index in [-0.39, 0.29) is 24.5 Å². The van der Waals surface area contributed by atoms with Crippen LogP contribution in [0.15, 0.2) is 18.2 Å². The number of amides is 2. The molecule has 0 saturated carbocycles. The van der Waals surface area contributed by atoms with Crippen LogP contribution in [0.5, 0.6) is 0 Å². The van der Waals surface area contributed by atoms with Crippen LogP contribution in [0, 0.1) is 5.82 Å². The summed E-state index contributed by atoms with van der Waals surface area (Å²) in [5.41, 5.74) is 0.311. The fourth-order valence-corrected chi connectivity index (χ4v) is 1.48. The predicted molar refractivity (Wildman–Crippen MR) is 68.4 cm³/mol. The summed E-state index contributed by atoms with van der Waals surface area (Å²) >= 11 is 5.52. The average Bonchev–Trinajstić information content (AvgIpc) is 2.39. The zero-order valence-electron chi connectivity index (χ0n) is 10.1. The Balaban J connectivity index is 2.40. The number of aliphatic hydroxyl groups is 1. The molecule has 7 heteroatoms. The molecule has 0 unspecified atom stereocenters. The van der Waals surface area contributed by atoms with Crippen LogP contribution in [0.25, 0.3) is 0 Å². The van der Waals surface area contributed by atoms with Gasteiger partial charge in [0.15, 0.2) is 0 Å². The number of aliphatic hydroxyl groups excluding tert-OH is 1. The van der Waals surface area contributed by atoms with E-state index >= 15 is 0 Å². The largest absolute Gasteiger partial charge is 0.387 e. The van der Waals surface area contributed by atoms with E-state index in [1.54, 1.807) is 0 Å². The second-order valence-corrected chi connectivity index (χ2v) is 4.28. The van der Waals surface area contributed by atoms with Crippen molar-refractivity contribution in [3.63, 3.8) is 0 Å². The molecule has 0 spiro atoms. The molecule has 0 fully saturated rings. The number of alkyl halides is 1. The molecule has 1 atom stereocenters. The maximum absolute atomic E-state index is 13.2. The minimum absolute atomic E-state index is 0.0344. The third-order valence-corrected chi connectivity index (χ3v) is 2.69. The second-order valence-electron chi connectivity index (χ2n) is 3.87. The van der Waals surface area contributed by atoms with Crippen molar-refractivity contribution in [2.24, 2.45) is 0 Å². The minimum atomic E-state index is -1.04. The van der Waals surface area contributed by atoms with Crippen LogP contribution in [0.4, 0.5) is 13.6 Å². The lowest BCUT2D eigenvalue weighted by Crippen LogP contribution is -2.38. The summed E-state index contributed by atoms with van der Waals surface area (Å²) in [4.78, 5) is 11.2. The Morgan fingerprint density at radius 3 is 2.79 bits per heavy atom. The fourth-order valence-electron chi connectivity index (χ4n) is 1.36. The molecule has 1 aromatic rings. The third kappa shape index (κ3) is 5.40. The van der Waals surface area contributed by atoms with Crippen LogP contribution >= 0.6 is 11.6 Å². The minimum Gasteiger partial charge on any atom is -0.387 e. The van der Waals surface area contributed by atoms with Crippen molar-refractivity contribution in [3.8, 4) is 0 Å². The van der Waals surface area contributed by atoms with E-state index in [2.05, 4.69) is 10.6 Å². The van der Waals surface area contributed by atoms with E-state index in [9.17, 15) is 18.7 Å². The van der Waals surface area contributed by atoms with Gasteiger partial charge in [-0.2, -0.15) is 0 Å². The van der Waals surface area contributed by atoms with Gasteiger partial charge in [-0.1, -0.05) is 17.7 Å². The summed E-state index contributed by atoms with van der Waals surface area (Å²) in [6, 6.07) is 3.40. The highest BCUT2D eigenvalue weighted by Crippen LogP contribution is 2.19.